The molecule has 1 aliphatic carbocycles. The van der Waals surface area contributed by atoms with Crippen LogP contribution in [0.15, 0.2) is 36.5 Å². The lowest BCUT2D eigenvalue weighted by Gasteiger charge is -2.20. The molecule has 7 heteroatoms. The molecule has 0 atom stereocenters. The number of nitrogens with one attached hydrogen (secondary N) is 1. The van der Waals surface area contributed by atoms with Crippen molar-refractivity contribution in [2.75, 3.05) is 7.05 Å². The summed E-state index contributed by atoms with van der Waals surface area (Å²) in [6.45, 7) is 1.70. The van der Waals surface area contributed by atoms with Gasteiger partial charge in [-0.05, 0) is 43.0 Å². The predicted octanol–water partition coefficient (Wildman–Crippen LogP) is 4.14. The molecule has 1 N–H and O–H groups in total. The molecule has 0 aliphatic heterocycles. The highest BCUT2D eigenvalue weighted by Crippen LogP contribution is 2.59. The molecule has 1 aromatic carbocycles. The SMILES string of the molecule is CNC(=O)c1ccc(Oc2ccc(C3(C(F)(F)F)CC3)cc2C)nc1. The van der Waals surface area contributed by atoms with Crippen molar-refractivity contribution in [3.63, 3.8) is 0 Å². The van der Waals surface area contributed by atoms with Crippen molar-refractivity contribution in [2.24, 2.45) is 0 Å². The number of hydrogen-bond acceptors (Lipinski definition) is 3. The zero-order valence-electron chi connectivity index (χ0n) is 13.8. The number of alkyl halides is 3. The van der Waals surface area contributed by atoms with Crippen molar-refractivity contribution in [3.05, 3.63) is 53.2 Å². The Kier molecular flexibility index (Phi) is 4.18. The van der Waals surface area contributed by atoms with Crippen LogP contribution in [0.25, 0.3) is 0 Å². The highest BCUT2D eigenvalue weighted by molar-refractivity contribution is 5.93. The first-order valence-electron chi connectivity index (χ1n) is 7.81. The lowest BCUT2D eigenvalue weighted by molar-refractivity contribution is -0.160. The van der Waals surface area contributed by atoms with Crippen LogP contribution in [0.4, 0.5) is 13.2 Å². The molecule has 0 radical (unpaired) electrons. The highest BCUT2D eigenvalue weighted by Gasteiger charge is 2.64. The summed E-state index contributed by atoms with van der Waals surface area (Å²) in [5.74, 6) is 0.434. The molecule has 0 bridgehead atoms. The van der Waals surface area contributed by atoms with Crippen molar-refractivity contribution in [3.8, 4) is 11.6 Å². The van der Waals surface area contributed by atoms with Crippen LogP contribution in [-0.2, 0) is 5.41 Å². The van der Waals surface area contributed by atoms with E-state index in [4.69, 9.17) is 4.74 Å². The number of nitrogens with zero attached hydrogens (tertiary/aromatic N) is 1. The fraction of sp³-hybridized carbons (Fsp3) is 0.333. The summed E-state index contributed by atoms with van der Waals surface area (Å²) >= 11 is 0. The second-order valence-corrected chi connectivity index (χ2v) is 6.13. The Balaban J connectivity index is 1.79. The van der Waals surface area contributed by atoms with Gasteiger partial charge in [0.15, 0.2) is 0 Å². The van der Waals surface area contributed by atoms with E-state index in [2.05, 4.69) is 10.3 Å². The molecule has 25 heavy (non-hydrogen) atoms. The number of aromatic nitrogens is 1. The Morgan fingerprint density at radius 1 is 1.24 bits per heavy atom. The predicted molar refractivity (Wildman–Crippen MR) is 85.8 cm³/mol. The third-order valence-electron chi connectivity index (χ3n) is 4.46. The summed E-state index contributed by atoms with van der Waals surface area (Å²) in [6.07, 6.45) is -2.61. The molecule has 3 rings (SSSR count). The number of pyridine rings is 1. The lowest BCUT2D eigenvalue weighted by Crippen LogP contribution is -2.28. The number of aryl methyl sites for hydroxylation is 1. The number of rotatable bonds is 4. The van der Waals surface area contributed by atoms with E-state index in [0.717, 1.165) is 0 Å². The van der Waals surface area contributed by atoms with Gasteiger partial charge in [0.1, 0.15) is 5.75 Å². The van der Waals surface area contributed by atoms with Crippen LogP contribution in [0.2, 0.25) is 0 Å². The monoisotopic (exact) mass is 350 g/mol. The molecule has 1 heterocycles. The second-order valence-electron chi connectivity index (χ2n) is 6.13. The smallest absolute Gasteiger partial charge is 0.398 e. The van der Waals surface area contributed by atoms with Crippen LogP contribution in [0.5, 0.6) is 11.6 Å². The Morgan fingerprint density at radius 2 is 1.96 bits per heavy atom. The van der Waals surface area contributed by atoms with Crippen molar-refractivity contribution < 1.29 is 22.7 Å². The Morgan fingerprint density at radius 3 is 2.44 bits per heavy atom. The number of ether oxygens (including phenoxy) is 1. The molecule has 1 amide bonds. The van der Waals surface area contributed by atoms with Crippen LogP contribution in [0.3, 0.4) is 0 Å². The highest BCUT2D eigenvalue weighted by atomic mass is 19.4. The van der Waals surface area contributed by atoms with E-state index >= 15 is 0 Å². The topological polar surface area (TPSA) is 51.2 Å². The van der Waals surface area contributed by atoms with Gasteiger partial charge < -0.3 is 10.1 Å². The van der Waals surface area contributed by atoms with Gasteiger partial charge in [-0.25, -0.2) is 4.98 Å². The summed E-state index contributed by atoms with van der Waals surface area (Å²) in [6, 6.07) is 7.62. The molecule has 1 aliphatic rings. The number of carbonyl (C=O) groups is 1. The average Bonchev–Trinajstić information content (AvgIpc) is 3.38. The normalized spacial score (nSPS) is 15.6. The summed E-state index contributed by atoms with van der Waals surface area (Å²) in [5.41, 5.74) is -0.440. The van der Waals surface area contributed by atoms with Crippen molar-refractivity contribution in [2.45, 2.75) is 31.4 Å². The van der Waals surface area contributed by atoms with Gasteiger partial charge in [-0.2, -0.15) is 13.2 Å². The Labute approximate surface area is 143 Å². The van der Waals surface area contributed by atoms with Gasteiger partial charge in [-0.15, -0.1) is 0 Å². The molecule has 0 spiro atoms. The largest absolute Gasteiger partial charge is 0.439 e. The van der Waals surface area contributed by atoms with Gasteiger partial charge >= 0.3 is 6.18 Å². The van der Waals surface area contributed by atoms with Gasteiger partial charge in [-0.3, -0.25) is 4.79 Å². The molecule has 1 aromatic heterocycles. The van der Waals surface area contributed by atoms with Gasteiger partial charge in [0, 0.05) is 19.3 Å². The van der Waals surface area contributed by atoms with Gasteiger partial charge in [-0.1, -0.05) is 12.1 Å². The maximum Gasteiger partial charge on any atom is 0.398 e. The minimum atomic E-state index is -4.24. The van der Waals surface area contributed by atoms with E-state index in [1.807, 2.05) is 0 Å². The van der Waals surface area contributed by atoms with E-state index in [9.17, 15) is 18.0 Å². The van der Waals surface area contributed by atoms with Crippen LogP contribution in [0.1, 0.15) is 34.3 Å². The van der Waals surface area contributed by atoms with E-state index < -0.39 is 11.6 Å². The summed E-state index contributed by atoms with van der Waals surface area (Å²) < 4.78 is 45.3. The van der Waals surface area contributed by atoms with Crippen LogP contribution in [-0.4, -0.2) is 24.1 Å². The van der Waals surface area contributed by atoms with E-state index in [0.29, 0.717) is 16.9 Å². The molecule has 0 unspecified atom stereocenters. The molecule has 0 saturated heterocycles. The minimum absolute atomic E-state index is 0.124. The Hall–Kier alpha value is -2.57. The van der Waals surface area contributed by atoms with Crippen molar-refractivity contribution in [1.29, 1.82) is 0 Å². The number of hydrogen-bond donors (Lipinski definition) is 1. The molecule has 1 saturated carbocycles. The minimum Gasteiger partial charge on any atom is -0.439 e. The molecule has 1 fully saturated rings. The molecular weight excluding hydrogens is 333 g/mol. The lowest BCUT2D eigenvalue weighted by atomic mass is 9.93. The standard InChI is InChI=1S/C18H17F3N2O2/c1-11-9-13(17(7-8-17)18(19,20)21)4-5-14(11)25-15-6-3-12(10-23-15)16(24)22-2/h3-6,9-10H,7-8H2,1-2H3,(H,22,24). The maximum atomic E-state index is 13.2. The summed E-state index contributed by atoms with van der Waals surface area (Å²) in [4.78, 5) is 15.5. The summed E-state index contributed by atoms with van der Waals surface area (Å²) in [7, 11) is 1.52. The van der Waals surface area contributed by atoms with Crippen LogP contribution in [0, 0.1) is 6.92 Å². The van der Waals surface area contributed by atoms with E-state index in [-0.39, 0.29) is 30.2 Å². The Bertz CT molecular complexity index is 797. The number of benzene rings is 1. The first kappa shape index (κ1) is 17.3. The van der Waals surface area contributed by atoms with Gasteiger partial charge in [0.05, 0.1) is 11.0 Å². The second kappa shape index (κ2) is 6.06. The molecule has 132 valence electrons. The first-order chi connectivity index (χ1) is 11.8. The van der Waals surface area contributed by atoms with Gasteiger partial charge in [0.25, 0.3) is 5.91 Å². The molecular formula is C18H17F3N2O2. The third-order valence-corrected chi connectivity index (χ3v) is 4.46. The summed E-state index contributed by atoms with van der Waals surface area (Å²) in [5, 5.41) is 2.49. The maximum absolute atomic E-state index is 13.2. The first-order valence-corrected chi connectivity index (χ1v) is 7.81. The fourth-order valence-electron chi connectivity index (χ4n) is 2.75. The van der Waals surface area contributed by atoms with Crippen molar-refractivity contribution >= 4 is 5.91 Å². The average molecular weight is 350 g/mol. The van der Waals surface area contributed by atoms with E-state index in [1.54, 1.807) is 13.0 Å². The molecule has 2 aromatic rings. The number of halogens is 3. The number of carbonyl (C=O) groups excluding carboxylic acids is 1. The zero-order chi connectivity index (χ0) is 18.2. The van der Waals surface area contributed by atoms with E-state index in [1.165, 1.54) is 37.5 Å². The number of amides is 1. The fourth-order valence-corrected chi connectivity index (χ4v) is 2.75. The van der Waals surface area contributed by atoms with Crippen LogP contribution < -0.4 is 10.1 Å². The van der Waals surface area contributed by atoms with Gasteiger partial charge in [0.2, 0.25) is 5.88 Å². The van der Waals surface area contributed by atoms with Crippen LogP contribution >= 0.6 is 0 Å². The van der Waals surface area contributed by atoms with Crippen molar-refractivity contribution in [1.82, 2.24) is 10.3 Å². The zero-order valence-corrected chi connectivity index (χ0v) is 13.8. The quantitative estimate of drug-likeness (QED) is 0.902. The molecule has 4 nitrogen and oxygen atoms in total. The third kappa shape index (κ3) is 3.18.